The molecule has 0 saturated carbocycles. The molecule has 0 spiro atoms. The van der Waals surface area contributed by atoms with E-state index >= 15 is 0 Å². The fourth-order valence-electron chi connectivity index (χ4n) is 4.66. The zero-order valence-corrected chi connectivity index (χ0v) is 20.2. The smallest absolute Gasteiger partial charge is 0.224 e. The van der Waals surface area contributed by atoms with Crippen molar-refractivity contribution < 1.29 is 9.59 Å². The minimum atomic E-state index is -0.441. The number of nitrogens with zero attached hydrogens (tertiary/aromatic N) is 1. The summed E-state index contributed by atoms with van der Waals surface area (Å²) in [5.41, 5.74) is 3.89. The number of carbonyl (C=O) groups is 2. The second-order valence-corrected chi connectivity index (χ2v) is 9.64. The largest absolute Gasteiger partial charge is 0.356 e. The molecule has 0 aliphatic heterocycles. The molecule has 3 aromatic carbocycles. The highest BCUT2D eigenvalue weighted by Crippen LogP contribution is 2.31. The average molecular weight is 456 g/mol. The fourth-order valence-corrected chi connectivity index (χ4v) is 4.66. The minimum Gasteiger partial charge on any atom is -0.356 e. The molecule has 5 heteroatoms. The Morgan fingerprint density at radius 3 is 2.26 bits per heavy atom. The van der Waals surface area contributed by atoms with Crippen molar-refractivity contribution in [3.63, 3.8) is 0 Å². The molecule has 0 saturated heterocycles. The highest BCUT2D eigenvalue weighted by molar-refractivity contribution is 6.09. The van der Waals surface area contributed by atoms with E-state index in [9.17, 15) is 9.59 Å². The maximum atomic E-state index is 12.8. The molecule has 2 N–H and O–H groups in total. The van der Waals surface area contributed by atoms with Gasteiger partial charge in [0.05, 0.1) is 0 Å². The molecule has 4 aromatic rings. The first-order valence-corrected chi connectivity index (χ1v) is 12.0. The van der Waals surface area contributed by atoms with E-state index in [1.54, 1.807) is 0 Å². The van der Waals surface area contributed by atoms with Gasteiger partial charge in [-0.3, -0.25) is 9.59 Å². The van der Waals surface area contributed by atoms with Gasteiger partial charge in [-0.05, 0) is 48.6 Å². The van der Waals surface area contributed by atoms with Gasteiger partial charge >= 0.3 is 0 Å². The lowest BCUT2D eigenvalue weighted by molar-refractivity contribution is -0.124. The van der Waals surface area contributed by atoms with Gasteiger partial charge in [0, 0.05) is 53.4 Å². The van der Waals surface area contributed by atoms with Crippen LogP contribution in [0.4, 0.5) is 5.69 Å². The van der Waals surface area contributed by atoms with Crippen molar-refractivity contribution in [3.05, 3.63) is 78.4 Å². The molecule has 4 rings (SSSR count). The van der Waals surface area contributed by atoms with Crippen LogP contribution in [0.3, 0.4) is 0 Å². The zero-order valence-electron chi connectivity index (χ0n) is 20.2. The Morgan fingerprint density at radius 2 is 1.50 bits per heavy atom. The number of hydrogen-bond acceptors (Lipinski definition) is 2. The van der Waals surface area contributed by atoms with Crippen LogP contribution in [0.25, 0.3) is 21.8 Å². The number of amides is 2. The number of para-hydroxylation sites is 1. The van der Waals surface area contributed by atoms with Crippen LogP contribution < -0.4 is 10.6 Å². The van der Waals surface area contributed by atoms with Crippen molar-refractivity contribution in [3.8, 4) is 0 Å². The van der Waals surface area contributed by atoms with Crippen LogP contribution in [0.1, 0.15) is 39.2 Å². The molecule has 34 heavy (non-hydrogen) atoms. The highest BCUT2D eigenvalue weighted by Gasteiger charge is 2.25. The number of hydrogen-bond donors (Lipinski definition) is 2. The molecule has 5 nitrogen and oxygen atoms in total. The number of rotatable bonds is 9. The van der Waals surface area contributed by atoms with Gasteiger partial charge < -0.3 is 15.2 Å². The first-order chi connectivity index (χ1) is 16.4. The maximum absolute atomic E-state index is 12.8. The van der Waals surface area contributed by atoms with Gasteiger partial charge in [-0.25, -0.2) is 0 Å². The van der Waals surface area contributed by atoms with Crippen molar-refractivity contribution >= 4 is 39.3 Å². The third kappa shape index (κ3) is 5.48. The van der Waals surface area contributed by atoms with Gasteiger partial charge in [-0.2, -0.15) is 0 Å². The van der Waals surface area contributed by atoms with E-state index in [0.29, 0.717) is 13.0 Å². The van der Waals surface area contributed by atoms with Crippen molar-refractivity contribution in [1.29, 1.82) is 0 Å². The van der Waals surface area contributed by atoms with Crippen LogP contribution in [-0.4, -0.2) is 22.9 Å². The molecule has 1 heterocycles. The zero-order chi connectivity index (χ0) is 24.1. The van der Waals surface area contributed by atoms with Crippen molar-refractivity contribution in [2.45, 2.75) is 46.6 Å². The molecule has 0 fully saturated rings. The molecule has 1 aromatic heterocycles. The van der Waals surface area contributed by atoms with Gasteiger partial charge in [0.15, 0.2) is 0 Å². The predicted molar refractivity (Wildman–Crippen MR) is 140 cm³/mol. The monoisotopic (exact) mass is 455 g/mol. The molecule has 0 bridgehead atoms. The van der Waals surface area contributed by atoms with Crippen LogP contribution in [0.5, 0.6) is 0 Å². The quantitative estimate of drug-likeness (QED) is 0.329. The third-order valence-corrected chi connectivity index (χ3v) is 6.23. The summed E-state index contributed by atoms with van der Waals surface area (Å²) in [5, 5.41) is 8.34. The molecular formula is C29H33N3O2. The molecular weight excluding hydrogens is 422 g/mol. The number of nitrogens with one attached hydrogen (secondary N) is 2. The Kier molecular flexibility index (Phi) is 7.01. The maximum Gasteiger partial charge on any atom is 0.224 e. The molecule has 2 amide bonds. The first kappa shape index (κ1) is 23.6. The highest BCUT2D eigenvalue weighted by atomic mass is 16.2. The van der Waals surface area contributed by atoms with Crippen LogP contribution in [-0.2, 0) is 22.6 Å². The summed E-state index contributed by atoms with van der Waals surface area (Å²) in [5.74, 6) is -0.108. The lowest BCUT2D eigenvalue weighted by atomic mass is 9.85. The molecule has 176 valence electrons. The van der Waals surface area contributed by atoms with Gasteiger partial charge in [0.25, 0.3) is 0 Å². The van der Waals surface area contributed by atoms with E-state index in [-0.39, 0.29) is 18.2 Å². The third-order valence-electron chi connectivity index (χ3n) is 6.23. The first-order valence-electron chi connectivity index (χ1n) is 12.0. The van der Waals surface area contributed by atoms with E-state index in [4.69, 9.17) is 0 Å². The Labute approximate surface area is 201 Å². The van der Waals surface area contributed by atoms with Gasteiger partial charge in [-0.1, -0.05) is 62.4 Å². The van der Waals surface area contributed by atoms with Gasteiger partial charge in [-0.15, -0.1) is 0 Å². The van der Waals surface area contributed by atoms with E-state index < -0.39 is 5.41 Å². The molecule has 0 atom stereocenters. The van der Waals surface area contributed by atoms with Gasteiger partial charge in [0.1, 0.15) is 0 Å². The lowest BCUT2D eigenvalue weighted by Crippen LogP contribution is -2.32. The lowest BCUT2D eigenvalue weighted by Gasteiger charge is -2.23. The van der Waals surface area contributed by atoms with Crippen LogP contribution in [0.2, 0.25) is 0 Å². The second kappa shape index (κ2) is 10.1. The second-order valence-electron chi connectivity index (χ2n) is 9.64. The molecule has 0 aliphatic rings. The number of aromatic nitrogens is 1. The summed E-state index contributed by atoms with van der Waals surface area (Å²) >= 11 is 0. The summed E-state index contributed by atoms with van der Waals surface area (Å²) in [6.07, 6.45) is 1.37. The summed E-state index contributed by atoms with van der Waals surface area (Å²) in [6.45, 7) is 7.54. The topological polar surface area (TPSA) is 63.1 Å². The Morgan fingerprint density at radius 1 is 0.824 bits per heavy atom. The summed E-state index contributed by atoms with van der Waals surface area (Å²) in [4.78, 5) is 25.3. The van der Waals surface area contributed by atoms with Gasteiger partial charge in [0.2, 0.25) is 11.8 Å². The number of aryl methyl sites for hydroxylation is 1. The van der Waals surface area contributed by atoms with Crippen molar-refractivity contribution in [2.24, 2.45) is 5.41 Å². The Balaban J connectivity index is 1.35. The Bertz CT molecular complexity index is 1310. The van der Waals surface area contributed by atoms with E-state index in [1.807, 2.05) is 50.2 Å². The van der Waals surface area contributed by atoms with Crippen LogP contribution in [0, 0.1) is 5.41 Å². The molecule has 0 unspecified atom stereocenters. The minimum absolute atomic E-state index is 0.0254. The number of benzene rings is 3. The van der Waals surface area contributed by atoms with Crippen molar-refractivity contribution in [2.75, 3.05) is 11.9 Å². The van der Waals surface area contributed by atoms with E-state index in [2.05, 4.69) is 58.5 Å². The normalized spacial score (nSPS) is 11.6. The molecule has 0 radical (unpaired) electrons. The summed E-state index contributed by atoms with van der Waals surface area (Å²) in [6, 6.07) is 24.5. The standard InChI is InChI=1S/C29H33N3O2/c1-4-32-25-13-9-8-12-23(25)24-18-22(14-15-26(24)32)31-28(34)20-29(2,3)19-27(33)30-17-16-21-10-6-5-7-11-21/h5-15,18H,4,16-17,19-20H2,1-3H3,(H,30,33)(H,31,34). The average Bonchev–Trinajstić information content (AvgIpc) is 3.12. The number of anilines is 1. The van der Waals surface area contributed by atoms with E-state index in [0.717, 1.165) is 29.6 Å². The number of carbonyl (C=O) groups excluding carboxylic acids is 2. The summed E-state index contributed by atoms with van der Waals surface area (Å²) in [7, 11) is 0. The fraction of sp³-hybridized carbons (Fsp3) is 0.310. The molecule has 0 aliphatic carbocycles. The van der Waals surface area contributed by atoms with E-state index in [1.165, 1.54) is 16.5 Å². The number of fused-ring (bicyclic) bond motifs is 3. The van der Waals surface area contributed by atoms with Crippen molar-refractivity contribution in [1.82, 2.24) is 9.88 Å². The Hall–Kier alpha value is -3.60. The summed E-state index contributed by atoms with van der Waals surface area (Å²) < 4.78 is 2.29. The predicted octanol–water partition coefficient (Wildman–Crippen LogP) is 5.92. The van der Waals surface area contributed by atoms with Crippen LogP contribution >= 0.6 is 0 Å². The SMILES string of the molecule is CCn1c2ccccc2c2cc(NC(=O)CC(C)(C)CC(=O)NCCc3ccccc3)ccc21. The van der Waals surface area contributed by atoms with Crippen LogP contribution in [0.15, 0.2) is 72.8 Å².